The number of fused-ring (bicyclic) bond motifs is 1. The Hall–Kier alpha value is -3.72. The van der Waals surface area contributed by atoms with Crippen LogP contribution in [-0.4, -0.2) is 63.9 Å². The molecule has 0 atom stereocenters. The highest BCUT2D eigenvalue weighted by Gasteiger charge is 2.23. The van der Waals surface area contributed by atoms with E-state index in [4.69, 9.17) is 0 Å². The van der Waals surface area contributed by atoms with Crippen LogP contribution in [0.1, 0.15) is 22.8 Å². The van der Waals surface area contributed by atoms with Gasteiger partial charge < -0.3 is 15.2 Å². The van der Waals surface area contributed by atoms with Gasteiger partial charge in [0.2, 0.25) is 5.91 Å². The van der Waals surface area contributed by atoms with Crippen LogP contribution < -0.4 is 16.6 Å². The Kier molecular flexibility index (Phi) is 6.69. The Morgan fingerprint density at radius 1 is 1.00 bits per heavy atom. The van der Waals surface area contributed by atoms with Gasteiger partial charge in [-0.25, -0.2) is 4.79 Å². The molecule has 1 fully saturated rings. The molecule has 0 aliphatic carbocycles. The van der Waals surface area contributed by atoms with Gasteiger partial charge in [0.1, 0.15) is 0 Å². The molecule has 2 heterocycles. The van der Waals surface area contributed by atoms with Gasteiger partial charge in [0.05, 0.1) is 17.4 Å². The molecule has 0 saturated carbocycles. The van der Waals surface area contributed by atoms with E-state index < -0.39 is 5.69 Å². The molecule has 2 aromatic carbocycles. The maximum Gasteiger partial charge on any atom is 0.328 e. The van der Waals surface area contributed by atoms with Crippen LogP contribution in [-0.2, 0) is 17.9 Å². The second-order valence-corrected chi connectivity index (χ2v) is 8.07. The zero-order chi connectivity index (χ0) is 23.4. The predicted molar refractivity (Wildman–Crippen MR) is 125 cm³/mol. The van der Waals surface area contributed by atoms with Crippen molar-refractivity contribution in [2.75, 3.05) is 32.7 Å². The van der Waals surface area contributed by atoms with Crippen LogP contribution in [0.2, 0.25) is 0 Å². The van der Waals surface area contributed by atoms with Crippen molar-refractivity contribution < 1.29 is 9.59 Å². The zero-order valence-corrected chi connectivity index (χ0v) is 18.5. The van der Waals surface area contributed by atoms with E-state index in [1.54, 1.807) is 30.0 Å². The number of nitrogens with one attached hydrogen (secondary N) is 2. The molecule has 0 radical (unpaired) electrons. The van der Waals surface area contributed by atoms with E-state index in [9.17, 15) is 19.2 Å². The summed E-state index contributed by atoms with van der Waals surface area (Å²) in [5, 5.41) is 3.30. The lowest BCUT2D eigenvalue weighted by atomic mass is 10.1. The Morgan fingerprint density at radius 3 is 2.42 bits per heavy atom. The molecule has 2 N–H and O–H groups in total. The van der Waals surface area contributed by atoms with Gasteiger partial charge in [-0.05, 0) is 30.7 Å². The summed E-state index contributed by atoms with van der Waals surface area (Å²) in [4.78, 5) is 56.2. The number of rotatable bonds is 6. The zero-order valence-electron chi connectivity index (χ0n) is 18.5. The summed E-state index contributed by atoms with van der Waals surface area (Å²) >= 11 is 0. The van der Waals surface area contributed by atoms with Crippen LogP contribution in [0.25, 0.3) is 10.9 Å². The van der Waals surface area contributed by atoms with Crippen molar-refractivity contribution in [2.45, 2.75) is 20.0 Å². The summed E-state index contributed by atoms with van der Waals surface area (Å²) < 4.78 is 1.12. The first kappa shape index (κ1) is 22.5. The number of aromatic nitrogens is 2. The maximum absolute atomic E-state index is 13.0. The number of hydrogen-bond acceptors (Lipinski definition) is 5. The minimum Gasteiger partial charge on any atom is -0.351 e. The monoisotopic (exact) mass is 449 g/mol. The fourth-order valence-corrected chi connectivity index (χ4v) is 4.02. The topological polar surface area (TPSA) is 108 Å². The molecule has 1 aliphatic heterocycles. The summed E-state index contributed by atoms with van der Waals surface area (Å²) in [6.45, 7) is 4.97. The third-order valence-electron chi connectivity index (χ3n) is 5.90. The van der Waals surface area contributed by atoms with Crippen molar-refractivity contribution in [2.24, 2.45) is 0 Å². The van der Waals surface area contributed by atoms with Crippen LogP contribution >= 0.6 is 0 Å². The third kappa shape index (κ3) is 5.04. The minimum absolute atomic E-state index is 0.0464. The van der Waals surface area contributed by atoms with E-state index in [2.05, 4.69) is 10.3 Å². The van der Waals surface area contributed by atoms with Gasteiger partial charge in [-0.15, -0.1) is 0 Å². The highest BCUT2D eigenvalue weighted by molar-refractivity contribution is 5.97. The fourth-order valence-electron chi connectivity index (χ4n) is 4.02. The minimum atomic E-state index is -0.487. The summed E-state index contributed by atoms with van der Waals surface area (Å²) in [6.07, 6.45) is 0. The molecule has 33 heavy (non-hydrogen) atoms. The molecule has 4 rings (SSSR count). The molecule has 9 nitrogen and oxygen atoms in total. The SMILES string of the molecule is CCn1c(=O)[nH]c2cc(C(=O)N3CCN(CC(=O)NCc4ccccc4)CC3)ccc2c1=O. The number of carbonyl (C=O) groups is 2. The highest BCUT2D eigenvalue weighted by atomic mass is 16.2. The van der Waals surface area contributed by atoms with Gasteiger partial charge in [-0.2, -0.15) is 0 Å². The van der Waals surface area contributed by atoms with E-state index in [1.165, 1.54) is 0 Å². The van der Waals surface area contributed by atoms with Gasteiger partial charge in [-0.3, -0.25) is 23.9 Å². The molecule has 9 heteroatoms. The van der Waals surface area contributed by atoms with E-state index in [1.807, 2.05) is 35.2 Å². The van der Waals surface area contributed by atoms with Crippen LogP contribution in [0.4, 0.5) is 0 Å². The maximum atomic E-state index is 13.0. The molecule has 0 bridgehead atoms. The average molecular weight is 450 g/mol. The first-order chi connectivity index (χ1) is 16.0. The van der Waals surface area contributed by atoms with Crippen molar-refractivity contribution in [1.29, 1.82) is 0 Å². The first-order valence-electron chi connectivity index (χ1n) is 11.1. The van der Waals surface area contributed by atoms with Crippen molar-refractivity contribution in [3.05, 3.63) is 80.5 Å². The summed E-state index contributed by atoms with van der Waals surface area (Å²) in [5.74, 6) is -0.208. The van der Waals surface area contributed by atoms with Gasteiger partial charge in [0, 0.05) is 44.8 Å². The van der Waals surface area contributed by atoms with Gasteiger partial charge >= 0.3 is 5.69 Å². The van der Waals surface area contributed by atoms with Gasteiger partial charge in [0.25, 0.3) is 11.5 Å². The lowest BCUT2D eigenvalue weighted by Crippen LogP contribution is -2.51. The second-order valence-electron chi connectivity index (χ2n) is 8.07. The van der Waals surface area contributed by atoms with Gasteiger partial charge in [0.15, 0.2) is 0 Å². The molecule has 3 aromatic rings. The van der Waals surface area contributed by atoms with Crippen LogP contribution in [0.3, 0.4) is 0 Å². The normalized spacial score (nSPS) is 14.4. The Bertz CT molecular complexity index is 1270. The highest BCUT2D eigenvalue weighted by Crippen LogP contribution is 2.13. The lowest BCUT2D eigenvalue weighted by molar-refractivity contribution is -0.122. The second kappa shape index (κ2) is 9.83. The van der Waals surface area contributed by atoms with E-state index in [0.717, 1.165) is 10.1 Å². The fraction of sp³-hybridized carbons (Fsp3) is 0.333. The number of H-pyrrole nitrogens is 1. The molecule has 1 aromatic heterocycles. The number of piperazine rings is 1. The first-order valence-corrected chi connectivity index (χ1v) is 11.1. The van der Waals surface area contributed by atoms with E-state index >= 15 is 0 Å². The van der Waals surface area contributed by atoms with Crippen molar-refractivity contribution >= 4 is 22.7 Å². The molecule has 1 aliphatic rings. The predicted octanol–water partition coefficient (Wildman–Crippen LogP) is 0.784. The lowest BCUT2D eigenvalue weighted by Gasteiger charge is -2.34. The molecule has 1 saturated heterocycles. The molecule has 172 valence electrons. The molecule has 0 spiro atoms. The van der Waals surface area contributed by atoms with Crippen LogP contribution in [0.5, 0.6) is 0 Å². The number of benzene rings is 2. The summed E-state index contributed by atoms with van der Waals surface area (Å²) in [6, 6.07) is 14.5. The van der Waals surface area contributed by atoms with E-state index in [0.29, 0.717) is 49.2 Å². The summed E-state index contributed by atoms with van der Waals surface area (Å²) in [5.41, 5.74) is 0.967. The molecule has 0 unspecified atom stereocenters. The third-order valence-corrected chi connectivity index (χ3v) is 5.90. The van der Waals surface area contributed by atoms with Crippen molar-refractivity contribution in [3.8, 4) is 0 Å². The number of hydrogen-bond donors (Lipinski definition) is 2. The Balaban J connectivity index is 1.34. The van der Waals surface area contributed by atoms with E-state index in [-0.39, 0.29) is 30.5 Å². The largest absolute Gasteiger partial charge is 0.351 e. The quantitative estimate of drug-likeness (QED) is 0.579. The Labute approximate surface area is 190 Å². The number of nitrogens with zero attached hydrogens (tertiary/aromatic N) is 3. The molecule has 2 amide bonds. The average Bonchev–Trinajstić information content (AvgIpc) is 2.83. The van der Waals surface area contributed by atoms with Gasteiger partial charge in [-0.1, -0.05) is 30.3 Å². The number of aromatic amines is 1. The standard InChI is InChI=1S/C24H27N5O4/c1-2-29-23(32)19-9-8-18(14-20(19)26-24(29)33)22(31)28-12-10-27(11-13-28)16-21(30)25-15-17-6-4-3-5-7-17/h3-9,14H,2,10-13,15-16H2,1H3,(H,25,30)(H,26,33). The van der Waals surface area contributed by atoms with Crippen LogP contribution in [0.15, 0.2) is 58.1 Å². The molecular weight excluding hydrogens is 422 g/mol. The Morgan fingerprint density at radius 2 is 1.73 bits per heavy atom. The van der Waals surface area contributed by atoms with Crippen molar-refractivity contribution in [1.82, 2.24) is 24.7 Å². The number of amides is 2. The number of carbonyl (C=O) groups excluding carboxylic acids is 2. The van der Waals surface area contributed by atoms with Crippen LogP contribution in [0, 0.1) is 0 Å². The van der Waals surface area contributed by atoms with Crippen molar-refractivity contribution in [3.63, 3.8) is 0 Å². The smallest absolute Gasteiger partial charge is 0.328 e. The molecular formula is C24H27N5O4. The summed E-state index contributed by atoms with van der Waals surface area (Å²) in [7, 11) is 0.